The lowest BCUT2D eigenvalue weighted by Gasteiger charge is -2.36. The van der Waals surface area contributed by atoms with Crippen LogP contribution in [0.15, 0.2) is 41.5 Å². The largest absolute Gasteiger partial charge is 0.490 e. The number of hydrogen-bond acceptors (Lipinski definition) is 6. The van der Waals surface area contributed by atoms with Crippen molar-refractivity contribution in [3.05, 3.63) is 51.9 Å². The smallest absolute Gasteiger partial charge is 0.275 e. The third kappa shape index (κ3) is 4.36. The Kier molecular flexibility index (Phi) is 6.20. The lowest BCUT2D eigenvalue weighted by atomic mass is 10.0. The Morgan fingerprint density at radius 3 is 2.53 bits per heavy atom. The number of thiophene rings is 1. The molecule has 1 aromatic carbocycles. The molecule has 8 heteroatoms. The van der Waals surface area contributed by atoms with E-state index in [0.29, 0.717) is 28.8 Å². The number of ether oxygens (including phenoxy) is 1. The molecule has 7 nitrogen and oxygen atoms in total. The Morgan fingerprint density at radius 2 is 1.88 bits per heavy atom. The van der Waals surface area contributed by atoms with Gasteiger partial charge in [0.2, 0.25) is 5.91 Å². The summed E-state index contributed by atoms with van der Waals surface area (Å²) >= 11 is 1.40. The zero-order valence-electron chi connectivity index (χ0n) is 20.2. The highest BCUT2D eigenvalue weighted by molar-refractivity contribution is 7.18. The van der Waals surface area contributed by atoms with E-state index in [1.807, 2.05) is 44.2 Å². The van der Waals surface area contributed by atoms with Crippen molar-refractivity contribution in [1.29, 1.82) is 0 Å². The average Bonchev–Trinajstić information content (AvgIpc) is 3.30. The molecule has 0 aliphatic carbocycles. The van der Waals surface area contributed by atoms with Crippen LogP contribution in [-0.2, 0) is 11.3 Å². The fourth-order valence-corrected chi connectivity index (χ4v) is 6.40. The van der Waals surface area contributed by atoms with Gasteiger partial charge in [-0.15, -0.1) is 11.3 Å². The minimum Gasteiger partial charge on any atom is -0.490 e. The molecule has 1 amide bonds. The highest BCUT2D eigenvalue weighted by Crippen LogP contribution is 2.36. The van der Waals surface area contributed by atoms with E-state index in [-0.39, 0.29) is 23.5 Å². The summed E-state index contributed by atoms with van der Waals surface area (Å²) in [5.41, 5.74) is 1.33. The maximum Gasteiger partial charge on any atom is 0.275 e. The minimum absolute atomic E-state index is 0.0590. The number of carbonyl (C=O) groups excluding carboxylic acids is 1. The van der Waals surface area contributed by atoms with Crippen LogP contribution in [0.2, 0.25) is 0 Å². The first-order valence-corrected chi connectivity index (χ1v) is 12.9. The predicted octanol–water partition coefficient (Wildman–Crippen LogP) is 4.07. The van der Waals surface area contributed by atoms with E-state index >= 15 is 0 Å². The predicted molar refractivity (Wildman–Crippen MR) is 135 cm³/mol. The summed E-state index contributed by atoms with van der Waals surface area (Å²) in [5, 5.41) is 0. The molecule has 0 saturated carbocycles. The molecule has 3 atom stereocenters. The standard InChI is InChI=1S/C26H32N4O3S/c1-16(2)25(31)28(3)14-22-13-23-24(34-22)26(32)30(15-27-23)17-7-9-20(10-8-17)33-21-11-18-5-6-19(12-21)29(18)4/h7-10,13,15-16,18-19,21H,5-6,11-12,14H2,1-4H3/t18-,19+,21?. The van der Waals surface area contributed by atoms with E-state index in [9.17, 15) is 9.59 Å². The van der Waals surface area contributed by atoms with Crippen molar-refractivity contribution in [2.24, 2.45) is 5.92 Å². The van der Waals surface area contributed by atoms with Crippen LogP contribution in [0.4, 0.5) is 0 Å². The molecule has 180 valence electrons. The molecule has 0 N–H and O–H groups in total. The van der Waals surface area contributed by atoms with Crippen LogP contribution in [0.1, 0.15) is 44.4 Å². The molecule has 34 heavy (non-hydrogen) atoms. The second-order valence-electron chi connectivity index (χ2n) is 9.95. The third-order valence-corrected chi connectivity index (χ3v) is 8.32. The molecule has 2 aliphatic rings. The monoisotopic (exact) mass is 480 g/mol. The molecule has 2 aliphatic heterocycles. The fourth-order valence-electron chi connectivity index (χ4n) is 5.31. The second kappa shape index (κ2) is 9.15. The van der Waals surface area contributed by atoms with Crippen LogP contribution in [0.3, 0.4) is 0 Å². The first kappa shape index (κ1) is 23.1. The van der Waals surface area contributed by atoms with Gasteiger partial charge in [-0.25, -0.2) is 4.98 Å². The van der Waals surface area contributed by atoms with Gasteiger partial charge >= 0.3 is 0 Å². The van der Waals surface area contributed by atoms with Gasteiger partial charge in [0.05, 0.1) is 17.7 Å². The van der Waals surface area contributed by atoms with E-state index in [4.69, 9.17) is 4.74 Å². The van der Waals surface area contributed by atoms with Crippen molar-refractivity contribution < 1.29 is 9.53 Å². The number of hydrogen-bond donors (Lipinski definition) is 0. The molecule has 2 saturated heterocycles. The molecule has 3 aromatic rings. The number of benzene rings is 1. The Balaban J connectivity index is 1.31. The first-order valence-electron chi connectivity index (χ1n) is 12.0. The molecule has 2 aromatic heterocycles. The van der Waals surface area contributed by atoms with Crippen LogP contribution < -0.4 is 10.3 Å². The zero-order chi connectivity index (χ0) is 24.0. The number of rotatable bonds is 6. The summed E-state index contributed by atoms with van der Waals surface area (Å²) in [6, 6.07) is 10.9. The van der Waals surface area contributed by atoms with Gasteiger partial charge in [-0.3, -0.25) is 14.2 Å². The normalized spacial score (nSPS) is 22.4. The number of amides is 1. The van der Waals surface area contributed by atoms with Crippen LogP contribution in [0, 0.1) is 5.92 Å². The highest BCUT2D eigenvalue weighted by atomic mass is 32.1. The van der Waals surface area contributed by atoms with Crippen molar-refractivity contribution >= 4 is 27.5 Å². The molecule has 2 bridgehead atoms. The number of nitrogens with zero attached hydrogens (tertiary/aromatic N) is 4. The van der Waals surface area contributed by atoms with Crippen LogP contribution in [0.25, 0.3) is 15.9 Å². The number of aromatic nitrogens is 2. The maximum absolute atomic E-state index is 13.2. The van der Waals surface area contributed by atoms with Gasteiger partial charge < -0.3 is 14.5 Å². The number of carbonyl (C=O) groups is 1. The van der Waals surface area contributed by atoms with Crippen molar-refractivity contribution in [3.63, 3.8) is 0 Å². The van der Waals surface area contributed by atoms with Gasteiger partial charge in [0, 0.05) is 29.9 Å². The van der Waals surface area contributed by atoms with Gasteiger partial charge in [-0.05, 0) is 63.1 Å². The van der Waals surface area contributed by atoms with Gasteiger partial charge in [0.25, 0.3) is 5.56 Å². The van der Waals surface area contributed by atoms with Gasteiger partial charge in [0.15, 0.2) is 0 Å². The van der Waals surface area contributed by atoms with E-state index < -0.39 is 0 Å². The van der Waals surface area contributed by atoms with Crippen LogP contribution >= 0.6 is 11.3 Å². The molecule has 1 unspecified atom stereocenters. The van der Waals surface area contributed by atoms with E-state index in [2.05, 4.69) is 16.9 Å². The summed E-state index contributed by atoms with van der Waals surface area (Å²) in [6.07, 6.45) is 6.53. The SMILES string of the molecule is CC(C)C(=O)N(C)Cc1cc2ncn(-c3ccc(OC4C[C@H]5CC[C@@H](C4)N5C)cc3)c(=O)c2s1. The van der Waals surface area contributed by atoms with Gasteiger partial charge in [0.1, 0.15) is 22.9 Å². The summed E-state index contributed by atoms with van der Waals surface area (Å²) in [7, 11) is 4.02. The lowest BCUT2D eigenvalue weighted by Crippen LogP contribution is -2.43. The zero-order valence-corrected chi connectivity index (χ0v) is 21.0. The van der Waals surface area contributed by atoms with Crippen molar-refractivity contribution in [3.8, 4) is 11.4 Å². The van der Waals surface area contributed by atoms with Crippen molar-refractivity contribution in [2.75, 3.05) is 14.1 Å². The molecule has 2 fully saturated rings. The number of fused-ring (bicyclic) bond motifs is 3. The Hall–Kier alpha value is -2.71. The fraction of sp³-hybridized carbons (Fsp3) is 0.500. The molecular formula is C26H32N4O3S. The van der Waals surface area contributed by atoms with Crippen LogP contribution in [-0.4, -0.2) is 57.5 Å². The Bertz CT molecular complexity index is 1240. The second-order valence-corrected chi connectivity index (χ2v) is 11.1. The average molecular weight is 481 g/mol. The number of piperidine rings is 1. The molecule has 0 spiro atoms. The van der Waals surface area contributed by atoms with Crippen molar-refractivity contribution in [2.45, 2.75) is 64.3 Å². The van der Waals surface area contributed by atoms with Gasteiger partial charge in [-0.2, -0.15) is 0 Å². The van der Waals surface area contributed by atoms with E-state index in [0.717, 1.165) is 29.2 Å². The summed E-state index contributed by atoms with van der Waals surface area (Å²) in [4.78, 5) is 35.1. The van der Waals surface area contributed by atoms with E-state index in [1.165, 1.54) is 24.2 Å². The Labute approximate surface area is 204 Å². The highest BCUT2D eigenvalue weighted by Gasteiger charge is 2.39. The molecule has 0 radical (unpaired) electrons. The van der Waals surface area contributed by atoms with Crippen LogP contribution in [0.5, 0.6) is 5.75 Å². The molecular weight excluding hydrogens is 448 g/mol. The minimum atomic E-state index is -0.0975. The third-order valence-electron chi connectivity index (χ3n) is 7.22. The Morgan fingerprint density at radius 1 is 1.21 bits per heavy atom. The quantitative estimate of drug-likeness (QED) is 0.532. The summed E-state index contributed by atoms with van der Waals surface area (Å²) in [6.45, 7) is 4.25. The summed E-state index contributed by atoms with van der Waals surface area (Å²) < 4.78 is 8.47. The van der Waals surface area contributed by atoms with E-state index in [1.54, 1.807) is 22.8 Å². The first-order chi connectivity index (χ1) is 16.3. The van der Waals surface area contributed by atoms with Crippen molar-refractivity contribution in [1.82, 2.24) is 19.4 Å². The topological polar surface area (TPSA) is 67.7 Å². The van der Waals surface area contributed by atoms with Gasteiger partial charge in [-0.1, -0.05) is 13.8 Å². The molecule has 4 heterocycles. The maximum atomic E-state index is 13.2. The molecule has 5 rings (SSSR count). The lowest BCUT2D eigenvalue weighted by molar-refractivity contribution is -0.133. The summed E-state index contributed by atoms with van der Waals surface area (Å²) in [5.74, 6) is 0.866.